The number of carbonyl (C=O) groups excluding carboxylic acids is 2. The summed E-state index contributed by atoms with van der Waals surface area (Å²) in [7, 11) is 0. The van der Waals surface area contributed by atoms with Gasteiger partial charge >= 0.3 is 0 Å². The molecule has 1 aromatic heterocycles. The Morgan fingerprint density at radius 1 is 1.08 bits per heavy atom. The molecule has 0 radical (unpaired) electrons. The Hall–Kier alpha value is -2.56. The van der Waals surface area contributed by atoms with Gasteiger partial charge in [0.2, 0.25) is 5.91 Å². The highest BCUT2D eigenvalue weighted by molar-refractivity contribution is 5.92. The molecule has 0 unspecified atom stereocenters. The summed E-state index contributed by atoms with van der Waals surface area (Å²) in [6.45, 7) is 6.76. The lowest BCUT2D eigenvalue weighted by Crippen LogP contribution is -2.25. The summed E-state index contributed by atoms with van der Waals surface area (Å²) in [5.74, 6) is -0.0454. The first kappa shape index (κ1) is 17.8. The molecule has 2 amide bonds. The predicted octanol–water partition coefficient (Wildman–Crippen LogP) is 3.73. The number of para-hydroxylation sites is 1. The van der Waals surface area contributed by atoms with E-state index >= 15 is 0 Å². The second-order valence-electron chi connectivity index (χ2n) is 6.68. The van der Waals surface area contributed by atoms with Gasteiger partial charge in [-0.1, -0.05) is 39.0 Å². The van der Waals surface area contributed by atoms with Gasteiger partial charge in [-0.25, -0.2) is 0 Å². The first-order chi connectivity index (χ1) is 11.4. The van der Waals surface area contributed by atoms with E-state index in [0.29, 0.717) is 19.4 Å². The minimum atomic E-state index is -0.265. The van der Waals surface area contributed by atoms with Crippen LogP contribution < -0.4 is 10.6 Å². The average molecular weight is 328 g/mol. The van der Waals surface area contributed by atoms with E-state index in [-0.39, 0.29) is 23.0 Å². The maximum Gasteiger partial charge on any atom is 0.286 e. The van der Waals surface area contributed by atoms with Gasteiger partial charge in [-0.15, -0.1) is 0 Å². The molecule has 0 aliphatic heterocycles. The fraction of sp³-hybridized carbons (Fsp3) is 0.368. The SMILES string of the molecule is CC(C)(C)c1ccccc1NC(=O)CCCNC(=O)c1ccco1. The highest BCUT2D eigenvalue weighted by Gasteiger charge is 2.18. The van der Waals surface area contributed by atoms with Gasteiger partial charge in [0.15, 0.2) is 5.76 Å². The maximum absolute atomic E-state index is 12.1. The molecule has 1 heterocycles. The van der Waals surface area contributed by atoms with Gasteiger partial charge in [0.1, 0.15) is 0 Å². The molecule has 2 aromatic rings. The smallest absolute Gasteiger partial charge is 0.286 e. The monoisotopic (exact) mass is 328 g/mol. The van der Waals surface area contributed by atoms with Gasteiger partial charge in [0.25, 0.3) is 5.91 Å². The van der Waals surface area contributed by atoms with Gasteiger partial charge in [-0.2, -0.15) is 0 Å². The van der Waals surface area contributed by atoms with Gasteiger partial charge < -0.3 is 15.1 Å². The van der Waals surface area contributed by atoms with Crippen molar-refractivity contribution in [1.29, 1.82) is 0 Å². The number of benzene rings is 1. The second kappa shape index (κ2) is 7.81. The van der Waals surface area contributed by atoms with Gasteiger partial charge in [-0.05, 0) is 35.6 Å². The molecule has 0 spiro atoms. The van der Waals surface area contributed by atoms with E-state index in [0.717, 1.165) is 11.3 Å². The molecule has 2 N–H and O–H groups in total. The van der Waals surface area contributed by atoms with Crippen LogP contribution in [0.2, 0.25) is 0 Å². The van der Waals surface area contributed by atoms with Crippen LogP contribution in [0.3, 0.4) is 0 Å². The fourth-order valence-electron chi connectivity index (χ4n) is 2.40. The van der Waals surface area contributed by atoms with E-state index in [1.54, 1.807) is 12.1 Å². The third kappa shape index (κ3) is 4.98. The van der Waals surface area contributed by atoms with Gasteiger partial charge in [0, 0.05) is 18.7 Å². The lowest BCUT2D eigenvalue weighted by Gasteiger charge is -2.23. The van der Waals surface area contributed by atoms with Gasteiger partial charge in [0.05, 0.1) is 6.26 Å². The van der Waals surface area contributed by atoms with Crippen molar-refractivity contribution in [3.8, 4) is 0 Å². The Morgan fingerprint density at radius 2 is 1.83 bits per heavy atom. The number of rotatable bonds is 6. The minimum absolute atomic E-state index is 0.0408. The Morgan fingerprint density at radius 3 is 2.50 bits per heavy atom. The van der Waals surface area contributed by atoms with Crippen LogP contribution in [-0.2, 0) is 10.2 Å². The average Bonchev–Trinajstić information content (AvgIpc) is 3.05. The summed E-state index contributed by atoms with van der Waals surface area (Å²) in [5, 5.41) is 5.69. The Kier molecular flexibility index (Phi) is 5.79. The number of anilines is 1. The standard InChI is InChI=1S/C19H24N2O3/c1-19(2,3)14-8-4-5-9-15(14)21-17(22)11-6-12-20-18(23)16-10-7-13-24-16/h4-5,7-10,13H,6,11-12H2,1-3H3,(H,20,23)(H,21,22). The molecule has 2 rings (SSSR count). The predicted molar refractivity (Wildman–Crippen MR) is 94.0 cm³/mol. The van der Waals surface area contributed by atoms with Crippen LogP contribution in [0.4, 0.5) is 5.69 Å². The highest BCUT2D eigenvalue weighted by atomic mass is 16.3. The number of hydrogen-bond acceptors (Lipinski definition) is 3. The normalized spacial score (nSPS) is 11.1. The molecule has 24 heavy (non-hydrogen) atoms. The molecule has 1 aromatic carbocycles. The molecule has 0 saturated heterocycles. The largest absolute Gasteiger partial charge is 0.459 e. The third-order valence-corrected chi connectivity index (χ3v) is 3.62. The summed E-state index contributed by atoms with van der Waals surface area (Å²) < 4.78 is 5.01. The first-order valence-electron chi connectivity index (χ1n) is 8.09. The van der Waals surface area contributed by atoms with E-state index in [1.807, 2.05) is 24.3 Å². The Balaban J connectivity index is 1.79. The number of nitrogens with one attached hydrogen (secondary N) is 2. The molecule has 5 heteroatoms. The number of carbonyl (C=O) groups is 2. The molecule has 0 atom stereocenters. The zero-order valence-corrected chi connectivity index (χ0v) is 14.4. The summed E-state index contributed by atoms with van der Waals surface area (Å²) in [5.41, 5.74) is 1.90. The van der Waals surface area contributed by atoms with Crippen LogP contribution in [0.1, 0.15) is 49.7 Å². The van der Waals surface area contributed by atoms with Crippen molar-refractivity contribution >= 4 is 17.5 Å². The zero-order chi connectivity index (χ0) is 17.6. The second-order valence-corrected chi connectivity index (χ2v) is 6.68. The van der Waals surface area contributed by atoms with Crippen LogP contribution in [0.25, 0.3) is 0 Å². The summed E-state index contributed by atoms with van der Waals surface area (Å²) in [4.78, 5) is 23.8. The van der Waals surface area contributed by atoms with E-state index in [1.165, 1.54) is 6.26 Å². The Bertz CT molecular complexity index is 685. The van der Waals surface area contributed by atoms with E-state index < -0.39 is 0 Å². The minimum Gasteiger partial charge on any atom is -0.459 e. The number of hydrogen-bond donors (Lipinski definition) is 2. The number of amides is 2. The molecule has 128 valence electrons. The Labute approximate surface area is 142 Å². The molecular weight excluding hydrogens is 304 g/mol. The first-order valence-corrected chi connectivity index (χ1v) is 8.09. The summed E-state index contributed by atoms with van der Waals surface area (Å²) in [6.07, 6.45) is 2.36. The van der Waals surface area contributed by atoms with Crippen LogP contribution in [-0.4, -0.2) is 18.4 Å². The molecule has 0 aliphatic carbocycles. The van der Waals surface area contributed by atoms with Crippen molar-refractivity contribution in [3.63, 3.8) is 0 Å². The molecule has 0 bridgehead atoms. The van der Waals surface area contributed by atoms with E-state index in [4.69, 9.17) is 4.42 Å². The highest BCUT2D eigenvalue weighted by Crippen LogP contribution is 2.29. The zero-order valence-electron chi connectivity index (χ0n) is 14.4. The molecular formula is C19H24N2O3. The van der Waals surface area contributed by atoms with Crippen molar-refractivity contribution < 1.29 is 14.0 Å². The summed E-state index contributed by atoms with van der Waals surface area (Å²) in [6, 6.07) is 11.1. The van der Waals surface area contributed by atoms with Crippen molar-refractivity contribution in [3.05, 3.63) is 54.0 Å². The van der Waals surface area contributed by atoms with Crippen molar-refractivity contribution in [1.82, 2.24) is 5.32 Å². The lowest BCUT2D eigenvalue weighted by atomic mass is 9.86. The number of furan rings is 1. The fourth-order valence-corrected chi connectivity index (χ4v) is 2.40. The molecule has 0 saturated carbocycles. The van der Waals surface area contributed by atoms with Crippen LogP contribution in [0, 0.1) is 0 Å². The van der Waals surface area contributed by atoms with Crippen molar-refractivity contribution in [2.75, 3.05) is 11.9 Å². The van der Waals surface area contributed by atoms with Crippen LogP contribution in [0.5, 0.6) is 0 Å². The quantitative estimate of drug-likeness (QED) is 0.794. The van der Waals surface area contributed by atoms with Gasteiger partial charge in [-0.3, -0.25) is 9.59 Å². The van der Waals surface area contributed by atoms with Crippen molar-refractivity contribution in [2.45, 2.75) is 39.0 Å². The van der Waals surface area contributed by atoms with Crippen LogP contribution in [0.15, 0.2) is 47.1 Å². The molecule has 0 aliphatic rings. The molecule has 0 fully saturated rings. The van der Waals surface area contributed by atoms with Crippen LogP contribution >= 0.6 is 0 Å². The van der Waals surface area contributed by atoms with E-state index in [9.17, 15) is 9.59 Å². The third-order valence-electron chi connectivity index (χ3n) is 3.62. The lowest BCUT2D eigenvalue weighted by molar-refractivity contribution is -0.116. The van der Waals surface area contributed by atoms with Crippen molar-refractivity contribution in [2.24, 2.45) is 0 Å². The maximum atomic E-state index is 12.1. The topological polar surface area (TPSA) is 71.3 Å². The molecule has 5 nitrogen and oxygen atoms in total. The summed E-state index contributed by atoms with van der Waals surface area (Å²) >= 11 is 0. The van der Waals surface area contributed by atoms with E-state index in [2.05, 4.69) is 31.4 Å².